The standard InChI is InChI=1S/C13H18N4OS/c1-9-7-10(14)4-5-17(9)8-12-15-16-13(18-12)11-3-2-6-19-11/h2-3,6,9-10H,4-5,7-8,14H2,1H3. The lowest BCUT2D eigenvalue weighted by Crippen LogP contribution is -2.45. The summed E-state index contributed by atoms with van der Waals surface area (Å²) in [6, 6.07) is 4.78. The Balaban J connectivity index is 1.67. The summed E-state index contributed by atoms with van der Waals surface area (Å²) in [5.74, 6) is 1.30. The van der Waals surface area contributed by atoms with Crippen LogP contribution in [0.5, 0.6) is 0 Å². The first-order valence-corrected chi connectivity index (χ1v) is 7.46. The Morgan fingerprint density at radius 1 is 1.53 bits per heavy atom. The van der Waals surface area contributed by atoms with E-state index in [9.17, 15) is 0 Å². The topological polar surface area (TPSA) is 68.2 Å². The maximum absolute atomic E-state index is 5.97. The highest BCUT2D eigenvalue weighted by Crippen LogP contribution is 2.24. The van der Waals surface area contributed by atoms with Crippen LogP contribution in [0.2, 0.25) is 0 Å². The van der Waals surface area contributed by atoms with Crippen LogP contribution < -0.4 is 5.73 Å². The summed E-state index contributed by atoms with van der Waals surface area (Å²) >= 11 is 1.61. The lowest BCUT2D eigenvalue weighted by molar-refractivity contribution is 0.128. The van der Waals surface area contributed by atoms with E-state index >= 15 is 0 Å². The lowest BCUT2D eigenvalue weighted by atomic mass is 9.99. The Morgan fingerprint density at radius 3 is 3.16 bits per heavy atom. The van der Waals surface area contributed by atoms with Gasteiger partial charge in [-0.15, -0.1) is 21.5 Å². The monoisotopic (exact) mass is 278 g/mol. The van der Waals surface area contributed by atoms with Gasteiger partial charge in [-0.1, -0.05) is 6.07 Å². The van der Waals surface area contributed by atoms with Crippen LogP contribution in [-0.2, 0) is 6.54 Å². The fourth-order valence-electron chi connectivity index (χ4n) is 2.48. The number of rotatable bonds is 3. The van der Waals surface area contributed by atoms with Crippen LogP contribution in [0.4, 0.5) is 0 Å². The molecular formula is C13H18N4OS. The van der Waals surface area contributed by atoms with Crippen molar-refractivity contribution in [3.05, 3.63) is 23.4 Å². The van der Waals surface area contributed by atoms with Gasteiger partial charge in [0, 0.05) is 18.6 Å². The molecule has 1 fully saturated rings. The van der Waals surface area contributed by atoms with E-state index < -0.39 is 0 Å². The molecule has 0 spiro atoms. The Kier molecular flexibility index (Phi) is 3.63. The number of nitrogens with zero attached hydrogens (tertiary/aromatic N) is 3. The Hall–Kier alpha value is -1.24. The average molecular weight is 278 g/mol. The summed E-state index contributed by atoms with van der Waals surface area (Å²) in [4.78, 5) is 3.38. The zero-order valence-electron chi connectivity index (χ0n) is 11.0. The van der Waals surface area contributed by atoms with Gasteiger partial charge in [0.05, 0.1) is 11.4 Å². The Morgan fingerprint density at radius 2 is 2.42 bits per heavy atom. The van der Waals surface area contributed by atoms with Crippen LogP contribution in [0, 0.1) is 0 Å². The van der Waals surface area contributed by atoms with E-state index in [1.54, 1.807) is 11.3 Å². The lowest BCUT2D eigenvalue weighted by Gasteiger charge is -2.35. The zero-order chi connectivity index (χ0) is 13.2. The van der Waals surface area contributed by atoms with Crippen molar-refractivity contribution in [3.63, 3.8) is 0 Å². The molecule has 102 valence electrons. The normalized spacial score (nSPS) is 24.7. The number of hydrogen-bond donors (Lipinski definition) is 1. The molecule has 2 aromatic heterocycles. The van der Waals surface area contributed by atoms with E-state index in [4.69, 9.17) is 10.2 Å². The molecule has 3 rings (SSSR count). The minimum atomic E-state index is 0.329. The Bertz CT molecular complexity index is 524. The quantitative estimate of drug-likeness (QED) is 0.931. The van der Waals surface area contributed by atoms with Crippen LogP contribution in [0.3, 0.4) is 0 Å². The molecule has 2 N–H and O–H groups in total. The van der Waals surface area contributed by atoms with E-state index in [0.717, 1.165) is 24.3 Å². The molecule has 19 heavy (non-hydrogen) atoms. The first-order chi connectivity index (χ1) is 9.22. The van der Waals surface area contributed by atoms with Gasteiger partial charge in [0.15, 0.2) is 0 Å². The van der Waals surface area contributed by atoms with Gasteiger partial charge in [-0.3, -0.25) is 4.90 Å². The second-order valence-electron chi connectivity index (χ2n) is 5.08. The van der Waals surface area contributed by atoms with Crippen LogP contribution in [0.1, 0.15) is 25.7 Å². The van der Waals surface area contributed by atoms with E-state index in [0.29, 0.717) is 30.4 Å². The largest absolute Gasteiger partial charge is 0.419 e. The molecule has 0 bridgehead atoms. The first kappa shape index (κ1) is 12.8. The maximum Gasteiger partial charge on any atom is 0.257 e. The van der Waals surface area contributed by atoms with E-state index in [1.807, 2.05) is 17.5 Å². The van der Waals surface area contributed by atoms with E-state index in [-0.39, 0.29) is 0 Å². The molecular weight excluding hydrogens is 260 g/mol. The summed E-state index contributed by atoms with van der Waals surface area (Å²) in [6.45, 7) is 3.92. The van der Waals surface area contributed by atoms with Crippen molar-refractivity contribution in [1.82, 2.24) is 15.1 Å². The fraction of sp³-hybridized carbons (Fsp3) is 0.538. The number of piperidine rings is 1. The number of hydrogen-bond acceptors (Lipinski definition) is 6. The molecule has 5 nitrogen and oxygen atoms in total. The summed E-state index contributed by atoms with van der Waals surface area (Å²) in [5, 5.41) is 10.3. The molecule has 2 atom stereocenters. The van der Waals surface area contributed by atoms with Crippen molar-refractivity contribution in [1.29, 1.82) is 0 Å². The van der Waals surface area contributed by atoms with Crippen molar-refractivity contribution in [2.75, 3.05) is 6.54 Å². The molecule has 0 saturated carbocycles. The Labute approximate surface area is 116 Å². The van der Waals surface area contributed by atoms with Gasteiger partial charge in [-0.05, 0) is 31.2 Å². The minimum Gasteiger partial charge on any atom is -0.419 e. The van der Waals surface area contributed by atoms with Gasteiger partial charge in [-0.25, -0.2) is 0 Å². The third-order valence-electron chi connectivity index (χ3n) is 3.59. The van der Waals surface area contributed by atoms with Crippen LogP contribution in [-0.4, -0.2) is 33.7 Å². The molecule has 1 aliphatic heterocycles. The van der Waals surface area contributed by atoms with Gasteiger partial charge in [0.1, 0.15) is 0 Å². The highest BCUT2D eigenvalue weighted by atomic mass is 32.1. The summed E-state index contributed by atoms with van der Waals surface area (Å²) in [5.41, 5.74) is 5.97. The third kappa shape index (κ3) is 2.86. The zero-order valence-corrected chi connectivity index (χ0v) is 11.8. The summed E-state index contributed by atoms with van der Waals surface area (Å²) in [6.07, 6.45) is 2.07. The van der Waals surface area contributed by atoms with Crippen molar-refractivity contribution < 1.29 is 4.42 Å². The third-order valence-corrected chi connectivity index (χ3v) is 4.45. The van der Waals surface area contributed by atoms with E-state index in [2.05, 4.69) is 22.0 Å². The number of nitrogens with two attached hydrogens (primary N) is 1. The summed E-state index contributed by atoms with van der Waals surface area (Å²) < 4.78 is 5.72. The van der Waals surface area contributed by atoms with Gasteiger partial charge < -0.3 is 10.2 Å². The maximum atomic E-state index is 5.97. The van der Waals surface area contributed by atoms with Crippen molar-refractivity contribution in [3.8, 4) is 10.8 Å². The molecule has 2 unspecified atom stereocenters. The van der Waals surface area contributed by atoms with Gasteiger partial charge in [0.2, 0.25) is 5.89 Å². The van der Waals surface area contributed by atoms with Gasteiger partial charge in [0.25, 0.3) is 5.89 Å². The molecule has 2 aromatic rings. The predicted octanol–water partition coefficient (Wildman–Crippen LogP) is 2.11. The second-order valence-corrected chi connectivity index (χ2v) is 6.03. The molecule has 6 heteroatoms. The highest BCUT2D eigenvalue weighted by molar-refractivity contribution is 7.13. The van der Waals surface area contributed by atoms with Crippen molar-refractivity contribution >= 4 is 11.3 Å². The number of thiophene rings is 1. The van der Waals surface area contributed by atoms with Gasteiger partial charge >= 0.3 is 0 Å². The number of likely N-dealkylation sites (tertiary alicyclic amines) is 1. The van der Waals surface area contributed by atoms with Crippen LogP contribution in [0.15, 0.2) is 21.9 Å². The highest BCUT2D eigenvalue weighted by Gasteiger charge is 2.24. The van der Waals surface area contributed by atoms with Crippen LogP contribution in [0.25, 0.3) is 10.8 Å². The minimum absolute atomic E-state index is 0.329. The molecule has 1 saturated heterocycles. The predicted molar refractivity (Wildman–Crippen MR) is 74.7 cm³/mol. The van der Waals surface area contributed by atoms with Crippen molar-refractivity contribution in [2.45, 2.75) is 38.4 Å². The van der Waals surface area contributed by atoms with Gasteiger partial charge in [-0.2, -0.15) is 0 Å². The summed E-state index contributed by atoms with van der Waals surface area (Å²) in [7, 11) is 0. The molecule has 0 amide bonds. The first-order valence-electron chi connectivity index (χ1n) is 6.58. The average Bonchev–Trinajstić information content (AvgIpc) is 3.03. The molecule has 0 aromatic carbocycles. The second kappa shape index (κ2) is 5.40. The SMILES string of the molecule is CC1CC(N)CCN1Cc1nnc(-c2cccs2)o1. The molecule has 0 aliphatic carbocycles. The van der Waals surface area contributed by atoms with Crippen molar-refractivity contribution in [2.24, 2.45) is 5.73 Å². The number of aromatic nitrogens is 2. The molecule has 0 radical (unpaired) electrons. The van der Waals surface area contributed by atoms with E-state index in [1.165, 1.54) is 0 Å². The fourth-order valence-corrected chi connectivity index (χ4v) is 3.13. The molecule has 3 heterocycles. The smallest absolute Gasteiger partial charge is 0.257 e. The van der Waals surface area contributed by atoms with Crippen LogP contribution >= 0.6 is 11.3 Å². The molecule has 1 aliphatic rings.